The molecule has 0 amide bonds. The summed E-state index contributed by atoms with van der Waals surface area (Å²) in [5.41, 5.74) is 0. The minimum Gasteiger partial charge on any atom is -0.550 e. The first-order valence-corrected chi connectivity index (χ1v) is 34.5. The van der Waals surface area contributed by atoms with Crippen LogP contribution in [0, 0.1) is 7.43 Å². The van der Waals surface area contributed by atoms with Gasteiger partial charge in [0.2, 0.25) is 0 Å². The van der Waals surface area contributed by atoms with E-state index in [0.29, 0.717) is 0 Å². The summed E-state index contributed by atoms with van der Waals surface area (Å²) in [6, 6.07) is 0. The summed E-state index contributed by atoms with van der Waals surface area (Å²) in [5, 5.41) is 40.9. The molecule has 472 valence electrons. The normalized spacial score (nSPS) is 11.1. The van der Waals surface area contributed by atoms with E-state index in [4.69, 9.17) is 0 Å². The van der Waals surface area contributed by atoms with Gasteiger partial charge < -0.3 is 39.6 Å². The summed E-state index contributed by atoms with van der Waals surface area (Å²) in [6.07, 6.45) is 83.6. The summed E-state index contributed by atoms with van der Waals surface area (Å²) in [4.78, 5) is 40.9. The Morgan fingerprint density at radius 3 is 0.432 bits per heavy atom. The molecule has 0 aliphatic rings. The Bertz CT molecular complexity index is 1130. The number of carboxylic acids is 4. The fraction of sp³-hybridized carbons (Fsp3) is 0.822. The summed E-state index contributed by atoms with van der Waals surface area (Å²) in [6.45, 7) is 9.02. The van der Waals surface area contributed by atoms with E-state index >= 15 is 0 Å². The molecule has 0 spiro atoms. The predicted molar refractivity (Wildman–Crippen MR) is 341 cm³/mol. The molecule has 0 heterocycles. The van der Waals surface area contributed by atoms with Gasteiger partial charge in [0.25, 0.3) is 0 Å². The van der Waals surface area contributed by atoms with Crippen molar-refractivity contribution in [3.8, 4) is 0 Å². The van der Waals surface area contributed by atoms with Gasteiger partial charge in [0, 0.05) is 23.9 Å². The van der Waals surface area contributed by atoms with E-state index in [1.165, 1.54) is 257 Å². The molecular formula is C73H132O8. The molecular weight excluding hydrogens is 1000 g/mol. The van der Waals surface area contributed by atoms with Crippen molar-refractivity contribution in [2.45, 2.75) is 387 Å². The molecule has 8 nitrogen and oxygen atoms in total. The van der Waals surface area contributed by atoms with Gasteiger partial charge in [0.15, 0.2) is 0 Å². The van der Waals surface area contributed by atoms with Crippen LogP contribution < -0.4 is 20.4 Å². The molecule has 0 saturated heterocycles. The fourth-order valence-electron chi connectivity index (χ4n) is 9.36. The average molecular weight is 1140 g/mol. The van der Waals surface area contributed by atoms with Crippen LogP contribution in [-0.4, -0.2) is 23.9 Å². The van der Waals surface area contributed by atoms with Gasteiger partial charge in [0.05, 0.1) is 0 Å². The first kappa shape index (κ1) is 86.6. The Labute approximate surface area is 504 Å². The third-order valence-corrected chi connectivity index (χ3v) is 14.6. The molecule has 0 N–H and O–H groups in total. The monoisotopic (exact) mass is 1140 g/mol. The molecule has 0 aliphatic heterocycles. The summed E-state index contributed by atoms with van der Waals surface area (Å²) >= 11 is 0. The number of carbonyl (C=O) groups excluding carboxylic acids is 4. The van der Waals surface area contributed by atoms with Crippen molar-refractivity contribution < 1.29 is 39.6 Å². The fourth-order valence-corrected chi connectivity index (χ4v) is 9.36. The number of carboxylic acid groups (broad SMARTS) is 4. The topological polar surface area (TPSA) is 161 Å². The van der Waals surface area contributed by atoms with Crippen LogP contribution in [0.1, 0.15) is 387 Å². The van der Waals surface area contributed by atoms with Crippen LogP contribution in [0.5, 0.6) is 0 Å². The second-order valence-electron chi connectivity index (χ2n) is 22.8. The van der Waals surface area contributed by atoms with Crippen molar-refractivity contribution in [1.29, 1.82) is 0 Å². The molecule has 0 aromatic heterocycles. The number of rotatable bonds is 60. The maximum atomic E-state index is 10.2. The smallest absolute Gasteiger partial charge is 0.550 e. The van der Waals surface area contributed by atoms with Crippen LogP contribution in [0.25, 0.3) is 0 Å². The summed E-state index contributed by atoms with van der Waals surface area (Å²) in [5.74, 6) is -3.66. The Kier molecular flexibility index (Phi) is 89.1. The minimum absolute atomic E-state index is 0. The number of carbonyl (C=O) groups is 4. The van der Waals surface area contributed by atoms with Crippen LogP contribution in [-0.2, 0) is 19.2 Å². The van der Waals surface area contributed by atoms with Crippen molar-refractivity contribution in [3.63, 3.8) is 0 Å². The molecule has 0 bridgehead atoms. The zero-order valence-electron chi connectivity index (χ0n) is 54.0. The molecule has 0 aromatic rings. The molecule has 0 aliphatic carbocycles. The van der Waals surface area contributed by atoms with Crippen molar-refractivity contribution in [3.05, 3.63) is 56.0 Å². The number of hydrogen-bond acceptors (Lipinski definition) is 8. The zero-order chi connectivity index (χ0) is 59.6. The van der Waals surface area contributed by atoms with Crippen LogP contribution in [0.2, 0.25) is 0 Å². The van der Waals surface area contributed by atoms with E-state index in [0.717, 1.165) is 77.0 Å². The van der Waals surface area contributed by atoms with E-state index in [9.17, 15) is 39.6 Å². The first-order chi connectivity index (χ1) is 39.1. The van der Waals surface area contributed by atoms with E-state index in [-0.39, 0.29) is 33.1 Å². The van der Waals surface area contributed by atoms with Gasteiger partial charge >= 0.3 is 7.43 Å². The Balaban J connectivity index is -0.000000316. The number of allylic oxidation sites excluding steroid dienone is 8. The van der Waals surface area contributed by atoms with Gasteiger partial charge in [-0.15, -0.1) is 0 Å². The Morgan fingerprint density at radius 1 is 0.198 bits per heavy atom. The van der Waals surface area contributed by atoms with Crippen molar-refractivity contribution in [1.82, 2.24) is 0 Å². The van der Waals surface area contributed by atoms with Crippen molar-refractivity contribution >= 4 is 23.9 Å². The zero-order valence-corrected chi connectivity index (χ0v) is 54.0. The van der Waals surface area contributed by atoms with Gasteiger partial charge in [-0.2, -0.15) is 0 Å². The van der Waals surface area contributed by atoms with E-state index in [2.05, 4.69) is 76.3 Å². The third kappa shape index (κ3) is 102. The second-order valence-corrected chi connectivity index (χ2v) is 22.8. The summed E-state index contributed by atoms with van der Waals surface area (Å²) < 4.78 is 0. The molecule has 81 heavy (non-hydrogen) atoms. The van der Waals surface area contributed by atoms with Gasteiger partial charge in [-0.1, -0.05) is 282 Å². The van der Waals surface area contributed by atoms with Gasteiger partial charge in [-0.25, -0.2) is 0 Å². The summed E-state index contributed by atoms with van der Waals surface area (Å²) in [7, 11) is 0. The molecule has 0 atom stereocenters. The number of hydrogen-bond donors (Lipinski definition) is 0. The SMILES string of the molecule is CCCCCCCC/C=C\CCCCCCCC(=O)[O-].CCCCCCCC/C=C\CCCCCCCC(=O)[O-].CCCCCCCC/C=C\CCCCCCCC(=O)[O-].CCCCCCCC/C=C\CCCCCCCC(=O)[O-].[C+4]. The maximum absolute atomic E-state index is 10.2. The largest absolute Gasteiger partial charge is 4.00 e. The van der Waals surface area contributed by atoms with Crippen molar-refractivity contribution in [2.75, 3.05) is 0 Å². The van der Waals surface area contributed by atoms with Gasteiger partial charge in [-0.05, 0) is 154 Å². The predicted octanol–water partition coefficient (Wildman–Crippen LogP) is 19.2. The Hall–Kier alpha value is -3.16. The maximum Gasteiger partial charge on any atom is 4.00 e. The Morgan fingerprint density at radius 2 is 0.309 bits per heavy atom. The van der Waals surface area contributed by atoms with E-state index in [1.807, 2.05) is 0 Å². The van der Waals surface area contributed by atoms with E-state index in [1.54, 1.807) is 0 Å². The molecule has 0 rings (SSSR count). The number of unbranched alkanes of at least 4 members (excludes halogenated alkanes) is 44. The molecule has 0 radical (unpaired) electrons. The molecule has 0 saturated carbocycles. The van der Waals surface area contributed by atoms with Gasteiger partial charge in [0.1, 0.15) is 0 Å². The van der Waals surface area contributed by atoms with Gasteiger partial charge in [-0.3, -0.25) is 0 Å². The third-order valence-electron chi connectivity index (χ3n) is 14.6. The van der Waals surface area contributed by atoms with Crippen LogP contribution in [0.4, 0.5) is 0 Å². The molecule has 0 aromatic carbocycles. The average Bonchev–Trinajstić information content (AvgIpc) is 3.43. The minimum atomic E-state index is -0.914. The van der Waals surface area contributed by atoms with Crippen LogP contribution >= 0.6 is 0 Å². The standard InChI is InChI=1S/4C18H34O2.C/c4*1-2-3-4-5-6-7-8-9-10-11-12-13-14-15-16-17-18(19)20;/h4*9-10H,2-8,11-17H2,1H3,(H,19,20);/q;;;;+4/p-4/b4*10-9-;. The first-order valence-electron chi connectivity index (χ1n) is 34.5. The van der Waals surface area contributed by atoms with Crippen LogP contribution in [0.3, 0.4) is 0 Å². The second kappa shape index (κ2) is 83.3. The quantitative estimate of drug-likeness (QED) is 0.0430. The molecule has 0 fully saturated rings. The molecule has 0 unspecified atom stereocenters. The van der Waals surface area contributed by atoms with E-state index < -0.39 is 23.9 Å². The van der Waals surface area contributed by atoms with Crippen molar-refractivity contribution in [2.24, 2.45) is 0 Å². The number of aliphatic carboxylic acids is 4. The van der Waals surface area contributed by atoms with Crippen LogP contribution in [0.15, 0.2) is 48.6 Å². The molecule has 8 heteroatoms.